The van der Waals surface area contributed by atoms with Gasteiger partial charge in [0.05, 0.1) is 37.1 Å². The van der Waals surface area contributed by atoms with Crippen LogP contribution in [0.3, 0.4) is 0 Å². The molecule has 0 aromatic rings. The number of ether oxygens (including phenoxy) is 4. The maximum atomic E-state index is 6.38. The molecule has 3 fully saturated rings. The molecule has 3 aliphatic heterocycles. The van der Waals surface area contributed by atoms with Gasteiger partial charge in [0.2, 0.25) is 0 Å². The summed E-state index contributed by atoms with van der Waals surface area (Å²) in [5.41, 5.74) is 0. The lowest BCUT2D eigenvalue weighted by Gasteiger charge is -2.31. The van der Waals surface area contributed by atoms with E-state index in [1.807, 2.05) is 6.08 Å². The largest absolute Gasteiger partial charge is 0.376 e. The molecule has 0 N–H and O–H groups in total. The van der Waals surface area contributed by atoms with Crippen LogP contribution in [0.15, 0.2) is 25.3 Å². The zero-order chi connectivity index (χ0) is 15.4. The van der Waals surface area contributed by atoms with Crippen molar-refractivity contribution >= 4 is 0 Å². The Morgan fingerprint density at radius 1 is 0.909 bits per heavy atom. The van der Waals surface area contributed by atoms with Crippen LogP contribution in [-0.2, 0) is 18.9 Å². The fraction of sp³-hybridized carbons (Fsp3) is 0.778. The van der Waals surface area contributed by atoms with E-state index in [0.29, 0.717) is 6.61 Å². The van der Waals surface area contributed by atoms with Crippen LogP contribution in [0.1, 0.15) is 38.5 Å². The normalized spacial score (nSPS) is 42.4. The third-order valence-corrected chi connectivity index (χ3v) is 4.97. The summed E-state index contributed by atoms with van der Waals surface area (Å²) in [6.07, 6.45) is 10.5. The Labute approximate surface area is 133 Å². The third-order valence-electron chi connectivity index (χ3n) is 4.97. The van der Waals surface area contributed by atoms with E-state index >= 15 is 0 Å². The molecule has 3 aliphatic rings. The standard InChI is InChI=1S/C18H28O4/c1-3-11-19-14-7-9-18-17(21-13(14)4-2)10-8-15-16(22-18)6-5-12-20-15/h3-4,13-18H,1-2,5-12H2/t13-,14+,15-,16+,17+,18-/m1/s1. The first-order valence-corrected chi connectivity index (χ1v) is 8.59. The van der Waals surface area contributed by atoms with E-state index < -0.39 is 0 Å². The van der Waals surface area contributed by atoms with Crippen molar-refractivity contribution < 1.29 is 18.9 Å². The summed E-state index contributed by atoms with van der Waals surface area (Å²) in [5, 5.41) is 0. The van der Waals surface area contributed by atoms with Crippen molar-refractivity contribution in [3.05, 3.63) is 25.3 Å². The average molecular weight is 308 g/mol. The Morgan fingerprint density at radius 3 is 2.45 bits per heavy atom. The highest BCUT2D eigenvalue weighted by atomic mass is 16.6. The topological polar surface area (TPSA) is 36.9 Å². The van der Waals surface area contributed by atoms with Gasteiger partial charge in [0.1, 0.15) is 6.10 Å². The highest BCUT2D eigenvalue weighted by molar-refractivity contribution is 4.95. The molecule has 0 bridgehead atoms. The first-order valence-electron chi connectivity index (χ1n) is 8.59. The molecular formula is C18H28O4. The lowest BCUT2D eigenvalue weighted by atomic mass is 10.0. The number of hydrogen-bond acceptors (Lipinski definition) is 4. The monoisotopic (exact) mass is 308 g/mol. The summed E-state index contributed by atoms with van der Waals surface area (Å²) in [5.74, 6) is 0. The fourth-order valence-electron chi connectivity index (χ4n) is 3.83. The van der Waals surface area contributed by atoms with Crippen LogP contribution in [0.5, 0.6) is 0 Å². The Balaban J connectivity index is 1.67. The highest BCUT2D eigenvalue weighted by Crippen LogP contribution is 2.34. The van der Waals surface area contributed by atoms with E-state index in [1.165, 1.54) is 0 Å². The number of fused-ring (bicyclic) bond motifs is 2. The van der Waals surface area contributed by atoms with E-state index in [-0.39, 0.29) is 36.6 Å². The molecule has 3 rings (SSSR count). The number of hydrogen-bond donors (Lipinski definition) is 0. The molecule has 124 valence electrons. The Kier molecular flexibility index (Phi) is 5.69. The summed E-state index contributed by atoms with van der Waals surface area (Å²) < 4.78 is 24.4. The minimum Gasteiger partial charge on any atom is -0.376 e. The van der Waals surface area contributed by atoms with Gasteiger partial charge in [0.15, 0.2) is 0 Å². The summed E-state index contributed by atoms with van der Waals surface area (Å²) in [6.45, 7) is 9.06. The minimum absolute atomic E-state index is 0.0458. The van der Waals surface area contributed by atoms with Crippen LogP contribution in [0.4, 0.5) is 0 Å². The number of rotatable bonds is 4. The molecule has 3 heterocycles. The summed E-state index contributed by atoms with van der Waals surface area (Å²) >= 11 is 0. The van der Waals surface area contributed by atoms with Gasteiger partial charge < -0.3 is 18.9 Å². The summed E-state index contributed by atoms with van der Waals surface area (Å²) in [6, 6.07) is 0. The molecule has 3 saturated heterocycles. The molecule has 0 unspecified atom stereocenters. The van der Waals surface area contributed by atoms with Gasteiger partial charge in [-0.05, 0) is 38.5 Å². The predicted molar refractivity (Wildman–Crippen MR) is 84.9 cm³/mol. The minimum atomic E-state index is -0.0698. The molecule has 0 aromatic carbocycles. The maximum absolute atomic E-state index is 6.38. The van der Waals surface area contributed by atoms with E-state index in [2.05, 4.69) is 13.2 Å². The van der Waals surface area contributed by atoms with Gasteiger partial charge >= 0.3 is 0 Å². The van der Waals surface area contributed by atoms with Crippen LogP contribution in [0, 0.1) is 0 Å². The van der Waals surface area contributed by atoms with Crippen LogP contribution in [0.2, 0.25) is 0 Å². The maximum Gasteiger partial charge on any atom is 0.102 e. The van der Waals surface area contributed by atoms with Gasteiger partial charge in [0, 0.05) is 6.61 Å². The lowest BCUT2D eigenvalue weighted by molar-refractivity contribution is -0.144. The van der Waals surface area contributed by atoms with Gasteiger partial charge in [0.25, 0.3) is 0 Å². The highest BCUT2D eigenvalue weighted by Gasteiger charge is 2.40. The van der Waals surface area contributed by atoms with Gasteiger partial charge in [-0.25, -0.2) is 0 Å². The smallest absolute Gasteiger partial charge is 0.102 e. The van der Waals surface area contributed by atoms with E-state index in [9.17, 15) is 0 Å². The molecule has 0 radical (unpaired) electrons. The molecule has 6 atom stereocenters. The van der Waals surface area contributed by atoms with Crippen molar-refractivity contribution in [2.45, 2.75) is 75.1 Å². The lowest BCUT2D eigenvalue weighted by Crippen LogP contribution is -2.38. The summed E-state index contributed by atoms with van der Waals surface area (Å²) in [7, 11) is 0. The molecule has 4 heteroatoms. The van der Waals surface area contributed by atoms with Crippen LogP contribution < -0.4 is 0 Å². The molecule has 0 aliphatic carbocycles. The Hall–Kier alpha value is -0.680. The van der Waals surface area contributed by atoms with Crippen LogP contribution in [0.25, 0.3) is 0 Å². The van der Waals surface area contributed by atoms with Gasteiger partial charge in [-0.15, -0.1) is 13.2 Å². The van der Waals surface area contributed by atoms with Crippen molar-refractivity contribution in [2.75, 3.05) is 13.2 Å². The molecular weight excluding hydrogens is 280 g/mol. The Bertz CT molecular complexity index is 383. The fourth-order valence-corrected chi connectivity index (χ4v) is 3.83. The zero-order valence-electron chi connectivity index (χ0n) is 13.3. The second-order valence-corrected chi connectivity index (χ2v) is 6.45. The molecule has 0 spiro atoms. The van der Waals surface area contributed by atoms with Gasteiger partial charge in [-0.3, -0.25) is 0 Å². The van der Waals surface area contributed by atoms with Crippen molar-refractivity contribution in [3.8, 4) is 0 Å². The zero-order valence-corrected chi connectivity index (χ0v) is 13.3. The van der Waals surface area contributed by atoms with E-state index in [4.69, 9.17) is 18.9 Å². The molecule has 0 saturated carbocycles. The second-order valence-electron chi connectivity index (χ2n) is 6.45. The molecule has 0 amide bonds. The first kappa shape index (κ1) is 16.2. The van der Waals surface area contributed by atoms with Crippen molar-refractivity contribution in [1.29, 1.82) is 0 Å². The van der Waals surface area contributed by atoms with Crippen LogP contribution >= 0.6 is 0 Å². The quantitative estimate of drug-likeness (QED) is 0.748. The van der Waals surface area contributed by atoms with Gasteiger partial charge in [-0.2, -0.15) is 0 Å². The van der Waals surface area contributed by atoms with E-state index in [1.54, 1.807) is 6.08 Å². The predicted octanol–water partition coefficient (Wildman–Crippen LogP) is 3.02. The van der Waals surface area contributed by atoms with Crippen molar-refractivity contribution in [3.63, 3.8) is 0 Å². The molecule has 0 aromatic heterocycles. The third kappa shape index (κ3) is 3.62. The van der Waals surface area contributed by atoms with Gasteiger partial charge in [-0.1, -0.05) is 12.2 Å². The van der Waals surface area contributed by atoms with Crippen molar-refractivity contribution in [2.24, 2.45) is 0 Å². The summed E-state index contributed by atoms with van der Waals surface area (Å²) in [4.78, 5) is 0. The molecule has 4 nitrogen and oxygen atoms in total. The average Bonchev–Trinajstić information content (AvgIpc) is 2.82. The van der Waals surface area contributed by atoms with Crippen LogP contribution in [-0.4, -0.2) is 49.8 Å². The van der Waals surface area contributed by atoms with E-state index in [0.717, 1.165) is 45.1 Å². The first-order chi connectivity index (χ1) is 10.8. The molecule has 22 heavy (non-hydrogen) atoms. The second kappa shape index (κ2) is 7.73. The Morgan fingerprint density at radius 2 is 1.64 bits per heavy atom. The van der Waals surface area contributed by atoms with Crippen molar-refractivity contribution in [1.82, 2.24) is 0 Å². The SMILES string of the molecule is C=CCO[C@H]1CC[C@H]2O[C@H]3CCCO[C@@H]3CC[C@@H]2O[C@@H]1C=C.